The maximum absolute atomic E-state index is 12.5. The second kappa shape index (κ2) is 7.82. The van der Waals surface area contributed by atoms with Crippen LogP contribution in [0.1, 0.15) is 35.7 Å². The van der Waals surface area contributed by atoms with E-state index in [-0.39, 0.29) is 5.91 Å². The third kappa shape index (κ3) is 4.32. The second-order valence-electron chi connectivity index (χ2n) is 5.03. The highest BCUT2D eigenvalue weighted by molar-refractivity contribution is 5.94. The molecular formula is C17H22N2O2. The third-order valence-corrected chi connectivity index (χ3v) is 3.58. The van der Waals surface area contributed by atoms with Crippen LogP contribution in [-0.4, -0.2) is 43.2 Å². The highest BCUT2D eigenvalue weighted by atomic mass is 16.5. The van der Waals surface area contributed by atoms with Gasteiger partial charge >= 0.3 is 0 Å². The van der Waals surface area contributed by atoms with Gasteiger partial charge in [-0.05, 0) is 38.0 Å². The lowest BCUT2D eigenvalue weighted by Gasteiger charge is -2.31. The van der Waals surface area contributed by atoms with Crippen LogP contribution < -0.4 is 5.73 Å². The number of rotatable bonds is 3. The first-order valence-electron chi connectivity index (χ1n) is 7.44. The van der Waals surface area contributed by atoms with Crippen LogP contribution >= 0.6 is 0 Å². The van der Waals surface area contributed by atoms with E-state index in [2.05, 4.69) is 11.8 Å². The van der Waals surface area contributed by atoms with E-state index in [1.54, 1.807) is 0 Å². The SMILES string of the molecule is CCOC1CCN(C(=O)c2cccc(C#CCN)c2)CC1. The molecule has 0 aromatic heterocycles. The molecule has 4 nitrogen and oxygen atoms in total. The molecule has 2 rings (SSSR count). The molecule has 1 fully saturated rings. The summed E-state index contributed by atoms with van der Waals surface area (Å²) in [5.41, 5.74) is 6.89. The van der Waals surface area contributed by atoms with E-state index in [0.29, 0.717) is 18.2 Å². The van der Waals surface area contributed by atoms with Crippen molar-refractivity contribution >= 4 is 5.91 Å². The Hall–Kier alpha value is -1.83. The molecule has 1 saturated heterocycles. The van der Waals surface area contributed by atoms with Crippen molar-refractivity contribution in [2.45, 2.75) is 25.9 Å². The smallest absolute Gasteiger partial charge is 0.253 e. The number of hydrogen-bond donors (Lipinski definition) is 1. The molecule has 1 aromatic rings. The molecule has 0 spiro atoms. The highest BCUT2D eigenvalue weighted by Gasteiger charge is 2.23. The standard InChI is InChI=1S/C17H22N2O2/c1-2-21-16-8-11-19(12-9-16)17(20)15-7-3-5-14(13-15)6-4-10-18/h3,5,7,13,16H,2,8-12,18H2,1H3. The first-order chi connectivity index (χ1) is 10.2. The van der Waals surface area contributed by atoms with E-state index in [1.165, 1.54) is 0 Å². The van der Waals surface area contributed by atoms with E-state index in [9.17, 15) is 4.79 Å². The summed E-state index contributed by atoms with van der Waals surface area (Å²) in [4.78, 5) is 14.4. The molecule has 21 heavy (non-hydrogen) atoms. The maximum Gasteiger partial charge on any atom is 0.253 e. The quantitative estimate of drug-likeness (QED) is 0.859. The lowest BCUT2D eigenvalue weighted by Crippen LogP contribution is -2.40. The molecule has 0 aliphatic carbocycles. The van der Waals surface area contributed by atoms with Gasteiger partial charge in [-0.2, -0.15) is 0 Å². The van der Waals surface area contributed by atoms with Gasteiger partial charge in [0.25, 0.3) is 5.91 Å². The number of piperidine rings is 1. The van der Waals surface area contributed by atoms with Gasteiger partial charge in [0, 0.05) is 30.8 Å². The van der Waals surface area contributed by atoms with Crippen LogP contribution in [0, 0.1) is 11.8 Å². The number of hydrogen-bond acceptors (Lipinski definition) is 3. The average molecular weight is 286 g/mol. The molecule has 0 radical (unpaired) electrons. The van der Waals surface area contributed by atoms with Crippen molar-refractivity contribution < 1.29 is 9.53 Å². The molecule has 1 amide bonds. The van der Waals surface area contributed by atoms with Crippen molar-refractivity contribution in [1.29, 1.82) is 0 Å². The zero-order valence-corrected chi connectivity index (χ0v) is 12.5. The Labute approximate surface area is 126 Å². The molecule has 1 aliphatic heterocycles. The highest BCUT2D eigenvalue weighted by Crippen LogP contribution is 2.16. The first-order valence-corrected chi connectivity index (χ1v) is 7.44. The monoisotopic (exact) mass is 286 g/mol. The number of nitrogens with zero attached hydrogens (tertiary/aromatic N) is 1. The van der Waals surface area contributed by atoms with Crippen molar-refractivity contribution in [3.8, 4) is 11.8 Å². The Morgan fingerprint density at radius 2 is 2.19 bits per heavy atom. The molecule has 0 unspecified atom stereocenters. The molecule has 0 saturated carbocycles. The summed E-state index contributed by atoms with van der Waals surface area (Å²) in [7, 11) is 0. The van der Waals surface area contributed by atoms with Crippen LogP contribution in [0.2, 0.25) is 0 Å². The van der Waals surface area contributed by atoms with Crippen LogP contribution in [0.3, 0.4) is 0 Å². The summed E-state index contributed by atoms with van der Waals surface area (Å²) in [5.74, 6) is 5.84. The molecule has 4 heteroatoms. The predicted molar refractivity (Wildman–Crippen MR) is 82.9 cm³/mol. The Morgan fingerprint density at radius 3 is 2.86 bits per heavy atom. The van der Waals surface area contributed by atoms with E-state index in [1.807, 2.05) is 36.1 Å². The van der Waals surface area contributed by atoms with Gasteiger partial charge < -0.3 is 15.4 Å². The van der Waals surface area contributed by atoms with Gasteiger partial charge in [-0.1, -0.05) is 17.9 Å². The van der Waals surface area contributed by atoms with E-state index < -0.39 is 0 Å². The Kier molecular flexibility index (Phi) is 5.79. The van der Waals surface area contributed by atoms with E-state index in [4.69, 9.17) is 10.5 Å². The Balaban J connectivity index is 2.00. The van der Waals surface area contributed by atoms with Crippen molar-refractivity contribution in [3.05, 3.63) is 35.4 Å². The zero-order chi connectivity index (χ0) is 15.1. The van der Waals surface area contributed by atoms with Crippen LogP contribution in [0.5, 0.6) is 0 Å². The third-order valence-electron chi connectivity index (χ3n) is 3.58. The number of ether oxygens (including phenoxy) is 1. The molecule has 1 aliphatic rings. The van der Waals surface area contributed by atoms with Crippen molar-refractivity contribution in [2.24, 2.45) is 5.73 Å². The summed E-state index contributed by atoms with van der Waals surface area (Å²) >= 11 is 0. The largest absolute Gasteiger partial charge is 0.378 e. The van der Waals surface area contributed by atoms with Crippen molar-refractivity contribution in [2.75, 3.05) is 26.2 Å². The molecule has 0 bridgehead atoms. The fraction of sp³-hybridized carbons (Fsp3) is 0.471. The lowest BCUT2D eigenvalue weighted by molar-refractivity contribution is 0.0146. The average Bonchev–Trinajstić information content (AvgIpc) is 2.53. The van der Waals surface area contributed by atoms with E-state index >= 15 is 0 Å². The summed E-state index contributed by atoms with van der Waals surface area (Å²) in [6.07, 6.45) is 2.11. The summed E-state index contributed by atoms with van der Waals surface area (Å²) in [6, 6.07) is 7.42. The van der Waals surface area contributed by atoms with Crippen molar-refractivity contribution in [3.63, 3.8) is 0 Å². The molecule has 0 atom stereocenters. The summed E-state index contributed by atoms with van der Waals surface area (Å²) in [5, 5.41) is 0. The van der Waals surface area contributed by atoms with Crippen LogP contribution in [0.4, 0.5) is 0 Å². The Bertz CT molecular complexity index is 537. The summed E-state index contributed by atoms with van der Waals surface area (Å²) < 4.78 is 5.61. The van der Waals surface area contributed by atoms with Gasteiger partial charge in [-0.15, -0.1) is 0 Å². The normalized spacial score (nSPS) is 15.4. The molecule has 1 heterocycles. The number of nitrogens with two attached hydrogens (primary N) is 1. The minimum absolute atomic E-state index is 0.0707. The maximum atomic E-state index is 12.5. The van der Waals surface area contributed by atoms with Crippen LogP contribution in [-0.2, 0) is 4.74 Å². The van der Waals surface area contributed by atoms with Gasteiger partial charge in [-0.25, -0.2) is 0 Å². The van der Waals surface area contributed by atoms with E-state index in [0.717, 1.165) is 38.1 Å². The zero-order valence-electron chi connectivity index (χ0n) is 12.5. The molecule has 2 N–H and O–H groups in total. The Morgan fingerprint density at radius 1 is 1.43 bits per heavy atom. The predicted octanol–water partition coefficient (Wildman–Crippen LogP) is 1.64. The minimum Gasteiger partial charge on any atom is -0.378 e. The number of likely N-dealkylation sites (tertiary alicyclic amines) is 1. The fourth-order valence-electron chi connectivity index (χ4n) is 2.53. The van der Waals surface area contributed by atoms with Gasteiger partial charge in [0.15, 0.2) is 0 Å². The van der Waals surface area contributed by atoms with Crippen molar-refractivity contribution in [1.82, 2.24) is 4.90 Å². The fourth-order valence-corrected chi connectivity index (χ4v) is 2.53. The molecule has 112 valence electrons. The van der Waals surface area contributed by atoms with Gasteiger partial charge in [0.2, 0.25) is 0 Å². The lowest BCUT2D eigenvalue weighted by atomic mass is 10.1. The topological polar surface area (TPSA) is 55.6 Å². The van der Waals surface area contributed by atoms with Gasteiger partial charge in [0.05, 0.1) is 12.6 Å². The summed E-state index contributed by atoms with van der Waals surface area (Å²) in [6.45, 7) is 4.57. The molecule has 1 aromatic carbocycles. The second-order valence-corrected chi connectivity index (χ2v) is 5.03. The number of amides is 1. The number of carbonyl (C=O) groups is 1. The van der Waals surface area contributed by atoms with Crippen LogP contribution in [0.15, 0.2) is 24.3 Å². The van der Waals surface area contributed by atoms with Gasteiger partial charge in [-0.3, -0.25) is 4.79 Å². The van der Waals surface area contributed by atoms with Gasteiger partial charge in [0.1, 0.15) is 0 Å². The number of benzene rings is 1. The minimum atomic E-state index is 0.0707. The number of carbonyl (C=O) groups excluding carboxylic acids is 1. The van der Waals surface area contributed by atoms with Crippen LogP contribution in [0.25, 0.3) is 0 Å². The first kappa shape index (κ1) is 15.6. The molecular weight excluding hydrogens is 264 g/mol.